The second-order valence-corrected chi connectivity index (χ2v) is 11.1. The van der Waals surface area contributed by atoms with Crippen molar-refractivity contribution in [2.45, 2.75) is 69.7 Å². The molecular formula is C34H44Cl2N4-2. The fraction of sp³-hybridized carbons (Fsp3) is 0.353. The summed E-state index contributed by atoms with van der Waals surface area (Å²) in [5.41, 5.74) is 17.1. The molecule has 0 radical (unpaired) electrons. The summed E-state index contributed by atoms with van der Waals surface area (Å²) in [4.78, 5) is 9.56. The zero-order valence-corrected chi connectivity index (χ0v) is 26.2. The van der Waals surface area contributed by atoms with Crippen molar-refractivity contribution >= 4 is 22.7 Å². The van der Waals surface area contributed by atoms with Crippen LogP contribution in [0.5, 0.6) is 0 Å². The van der Waals surface area contributed by atoms with Crippen LogP contribution in [0.4, 0.5) is 22.7 Å². The van der Waals surface area contributed by atoms with Crippen molar-refractivity contribution in [3.63, 3.8) is 0 Å². The van der Waals surface area contributed by atoms with Crippen LogP contribution in [-0.4, -0.2) is 13.3 Å². The Morgan fingerprint density at radius 1 is 0.400 bits per heavy atom. The molecule has 0 aromatic heterocycles. The van der Waals surface area contributed by atoms with E-state index in [2.05, 4.69) is 137 Å². The minimum absolute atomic E-state index is 0. The fourth-order valence-electron chi connectivity index (χ4n) is 6.72. The maximum absolute atomic E-state index is 2.40. The van der Waals surface area contributed by atoms with Crippen molar-refractivity contribution in [3.8, 4) is 0 Å². The maximum Gasteiger partial charge on any atom is 0.0989 e. The molecule has 0 saturated heterocycles. The predicted octanol–water partition coefficient (Wildman–Crippen LogP) is 2.62. The van der Waals surface area contributed by atoms with E-state index >= 15 is 0 Å². The molecule has 3 aromatic rings. The number of anilines is 4. The average molecular weight is 580 g/mol. The van der Waals surface area contributed by atoms with Crippen molar-refractivity contribution in [2.75, 3.05) is 32.9 Å². The van der Waals surface area contributed by atoms with Gasteiger partial charge in [0.2, 0.25) is 0 Å². The second kappa shape index (κ2) is 12.6. The first-order valence-electron chi connectivity index (χ1n) is 13.2. The molecule has 2 heterocycles. The van der Waals surface area contributed by atoms with Crippen molar-refractivity contribution in [1.82, 2.24) is 0 Å². The molecule has 3 aromatic carbocycles. The van der Waals surface area contributed by atoms with E-state index in [9.17, 15) is 0 Å². The second-order valence-electron chi connectivity index (χ2n) is 11.1. The summed E-state index contributed by atoms with van der Waals surface area (Å²) in [7, 11) is 0. The van der Waals surface area contributed by atoms with Gasteiger partial charge in [0.05, 0.1) is 24.7 Å². The Hall–Kier alpha value is -3.08. The Bertz CT molecular complexity index is 1310. The van der Waals surface area contributed by atoms with Crippen LogP contribution < -0.4 is 44.4 Å². The van der Waals surface area contributed by atoms with Gasteiger partial charge in [0.25, 0.3) is 0 Å². The minimum atomic E-state index is 0. The standard InChI is InChI=1S/C33H40N4.CH4.2ClH/c1-21-14-23(3)30(24(4)15-21)34-10-12-36(19-34)32-27(7)18-28(8)33(29(32)9)37-13-11-35(20-37)31-25(5)16-22(2)17-26(31)6;;;/h10-18H,19-20H2,1-9H3;1H4;2*1H/p-2. The van der Waals surface area contributed by atoms with E-state index in [0.29, 0.717) is 0 Å². The van der Waals surface area contributed by atoms with Crippen LogP contribution in [-0.2, 0) is 0 Å². The summed E-state index contributed by atoms with van der Waals surface area (Å²) < 4.78 is 0. The number of halogens is 2. The molecule has 0 amide bonds. The van der Waals surface area contributed by atoms with Crippen molar-refractivity contribution in [1.29, 1.82) is 0 Å². The van der Waals surface area contributed by atoms with E-state index < -0.39 is 0 Å². The number of benzene rings is 3. The third kappa shape index (κ3) is 5.84. The van der Waals surface area contributed by atoms with Crippen LogP contribution in [0.15, 0.2) is 55.1 Å². The van der Waals surface area contributed by atoms with Gasteiger partial charge in [-0.2, -0.15) is 0 Å². The van der Waals surface area contributed by atoms with Crippen LogP contribution in [0.1, 0.15) is 57.5 Å². The number of nitrogens with zero attached hydrogens (tertiary/aromatic N) is 4. The monoisotopic (exact) mass is 578 g/mol. The number of hydrogen-bond donors (Lipinski definition) is 0. The van der Waals surface area contributed by atoms with Gasteiger partial charge in [0.15, 0.2) is 0 Å². The van der Waals surface area contributed by atoms with E-state index in [1.807, 2.05) is 0 Å². The topological polar surface area (TPSA) is 13.0 Å². The van der Waals surface area contributed by atoms with Gasteiger partial charge < -0.3 is 44.4 Å². The molecule has 2 aliphatic rings. The number of rotatable bonds is 4. The van der Waals surface area contributed by atoms with E-state index in [0.717, 1.165) is 13.3 Å². The predicted molar refractivity (Wildman–Crippen MR) is 167 cm³/mol. The smallest absolute Gasteiger partial charge is 0.0989 e. The molecule has 0 unspecified atom stereocenters. The Kier molecular flexibility index (Phi) is 10.4. The lowest BCUT2D eigenvalue weighted by molar-refractivity contribution is -0.00100. The van der Waals surface area contributed by atoms with Gasteiger partial charge in [-0.25, -0.2) is 0 Å². The Morgan fingerprint density at radius 3 is 0.950 bits per heavy atom. The normalized spacial score (nSPS) is 13.9. The van der Waals surface area contributed by atoms with Gasteiger partial charge in [0, 0.05) is 36.2 Å². The highest BCUT2D eigenvalue weighted by Crippen LogP contribution is 2.40. The van der Waals surface area contributed by atoms with Gasteiger partial charge in [-0.05, 0) is 101 Å². The molecular weight excluding hydrogens is 535 g/mol. The highest BCUT2D eigenvalue weighted by atomic mass is 35.5. The van der Waals surface area contributed by atoms with Crippen LogP contribution in [0.2, 0.25) is 0 Å². The molecule has 0 bridgehead atoms. The highest BCUT2D eigenvalue weighted by Gasteiger charge is 2.26. The molecule has 0 aliphatic carbocycles. The lowest BCUT2D eigenvalue weighted by Gasteiger charge is -2.31. The molecule has 4 nitrogen and oxygen atoms in total. The molecule has 5 rings (SSSR count). The molecule has 0 atom stereocenters. The summed E-state index contributed by atoms with van der Waals surface area (Å²) in [6.07, 6.45) is 8.92. The molecule has 2 aliphatic heterocycles. The molecule has 0 N–H and O–H groups in total. The molecule has 216 valence electrons. The van der Waals surface area contributed by atoms with Gasteiger partial charge >= 0.3 is 0 Å². The van der Waals surface area contributed by atoms with E-state index in [1.165, 1.54) is 72.8 Å². The van der Waals surface area contributed by atoms with Crippen LogP contribution in [0, 0.1) is 62.3 Å². The summed E-state index contributed by atoms with van der Waals surface area (Å²) in [5, 5.41) is 0. The largest absolute Gasteiger partial charge is 1.00 e. The van der Waals surface area contributed by atoms with Crippen LogP contribution >= 0.6 is 0 Å². The van der Waals surface area contributed by atoms with Gasteiger partial charge in [0.1, 0.15) is 0 Å². The third-order valence-electron chi connectivity index (χ3n) is 7.77. The first-order valence-corrected chi connectivity index (χ1v) is 13.2. The van der Waals surface area contributed by atoms with Crippen LogP contribution in [0.25, 0.3) is 0 Å². The zero-order chi connectivity index (χ0) is 26.6. The number of hydrogen-bond acceptors (Lipinski definition) is 4. The van der Waals surface area contributed by atoms with E-state index in [-0.39, 0.29) is 32.2 Å². The van der Waals surface area contributed by atoms with Crippen molar-refractivity contribution < 1.29 is 24.8 Å². The fourth-order valence-corrected chi connectivity index (χ4v) is 6.72. The Morgan fingerprint density at radius 2 is 0.650 bits per heavy atom. The quantitative estimate of drug-likeness (QED) is 0.472. The van der Waals surface area contributed by atoms with Crippen molar-refractivity contribution in [2.24, 2.45) is 0 Å². The summed E-state index contributed by atoms with van der Waals surface area (Å²) in [6.45, 7) is 21.6. The van der Waals surface area contributed by atoms with Crippen LogP contribution in [0.3, 0.4) is 0 Å². The lowest BCUT2D eigenvalue weighted by Crippen LogP contribution is -3.00. The average Bonchev–Trinajstić information content (AvgIpc) is 3.43. The highest BCUT2D eigenvalue weighted by molar-refractivity contribution is 5.78. The summed E-state index contributed by atoms with van der Waals surface area (Å²) in [6, 6.07) is 11.5. The molecule has 0 spiro atoms. The first-order chi connectivity index (χ1) is 17.5. The molecule has 40 heavy (non-hydrogen) atoms. The number of aryl methyl sites for hydroxylation is 8. The Labute approximate surface area is 254 Å². The van der Waals surface area contributed by atoms with Gasteiger partial charge in [-0.1, -0.05) is 48.9 Å². The molecule has 6 heteroatoms. The maximum atomic E-state index is 2.40. The Balaban J connectivity index is 0.00000187. The van der Waals surface area contributed by atoms with Gasteiger partial charge in [-0.15, -0.1) is 0 Å². The molecule has 0 saturated carbocycles. The van der Waals surface area contributed by atoms with E-state index in [1.54, 1.807) is 0 Å². The van der Waals surface area contributed by atoms with E-state index in [4.69, 9.17) is 0 Å². The van der Waals surface area contributed by atoms with Gasteiger partial charge in [-0.3, -0.25) is 0 Å². The first kappa shape index (κ1) is 33.1. The molecule has 0 fully saturated rings. The summed E-state index contributed by atoms with van der Waals surface area (Å²) >= 11 is 0. The van der Waals surface area contributed by atoms with Crippen molar-refractivity contribution in [3.05, 3.63) is 105 Å². The SMILES string of the molecule is C.Cc1cc(C)c(N2C=CN(c3c(C)cc(C)c(N4C=CN(c5c(C)cc(C)cc5C)C4)c3C)C2)c(C)c1.[Cl-].[Cl-]. The zero-order valence-electron chi connectivity index (χ0n) is 24.7. The minimum Gasteiger partial charge on any atom is -1.00 e. The summed E-state index contributed by atoms with van der Waals surface area (Å²) in [5.74, 6) is 0. The lowest BCUT2D eigenvalue weighted by atomic mass is 10.0. The third-order valence-corrected chi connectivity index (χ3v) is 7.77.